The number of para-hydroxylation sites is 1. The zero-order valence-corrected chi connectivity index (χ0v) is 15.5. The summed E-state index contributed by atoms with van der Waals surface area (Å²) in [6.07, 6.45) is 0. The van der Waals surface area contributed by atoms with Crippen molar-refractivity contribution in [3.05, 3.63) is 65.2 Å². The number of urea groups is 1. The van der Waals surface area contributed by atoms with Crippen molar-refractivity contribution in [2.24, 2.45) is 0 Å². The number of piperazine rings is 1. The Bertz CT molecular complexity index is 703. The normalized spacial score (nSPS) is 14.9. The van der Waals surface area contributed by atoms with E-state index in [1.54, 1.807) is 6.07 Å². The van der Waals surface area contributed by atoms with Gasteiger partial charge in [0.1, 0.15) is 12.4 Å². The smallest absolute Gasteiger partial charge is 0.317 e. The lowest BCUT2D eigenvalue weighted by atomic mass is 10.2. The predicted octanol–water partition coefficient (Wildman–Crippen LogP) is 3.25. The molecule has 1 N–H and O–H groups in total. The molecule has 2 aromatic rings. The first-order valence-corrected chi connectivity index (χ1v) is 9.26. The van der Waals surface area contributed by atoms with Gasteiger partial charge in [0.15, 0.2) is 0 Å². The Kier molecular flexibility index (Phi) is 6.75. The summed E-state index contributed by atoms with van der Waals surface area (Å²) in [5.74, 6) is 0.637. The van der Waals surface area contributed by atoms with Crippen molar-refractivity contribution in [2.75, 3.05) is 39.3 Å². The maximum atomic E-state index is 12.3. The van der Waals surface area contributed by atoms with Crippen LogP contribution in [0.1, 0.15) is 5.56 Å². The van der Waals surface area contributed by atoms with E-state index in [1.165, 1.54) is 5.56 Å². The molecule has 0 aliphatic carbocycles. The van der Waals surface area contributed by atoms with Crippen molar-refractivity contribution in [1.82, 2.24) is 15.1 Å². The third-order valence-electron chi connectivity index (χ3n) is 4.38. The number of benzene rings is 2. The van der Waals surface area contributed by atoms with Crippen molar-refractivity contribution in [2.45, 2.75) is 6.54 Å². The van der Waals surface area contributed by atoms with Crippen LogP contribution in [0.3, 0.4) is 0 Å². The molecule has 0 aromatic heterocycles. The lowest BCUT2D eigenvalue weighted by Gasteiger charge is -2.34. The first kappa shape index (κ1) is 18.5. The molecule has 5 nitrogen and oxygen atoms in total. The van der Waals surface area contributed by atoms with Crippen LogP contribution in [0.2, 0.25) is 5.02 Å². The minimum atomic E-state index is -0.0351. The fourth-order valence-corrected chi connectivity index (χ4v) is 3.13. The van der Waals surface area contributed by atoms with Crippen LogP contribution in [0.25, 0.3) is 0 Å². The van der Waals surface area contributed by atoms with Crippen LogP contribution in [0.15, 0.2) is 54.6 Å². The Morgan fingerprint density at radius 2 is 1.69 bits per heavy atom. The highest BCUT2D eigenvalue weighted by Gasteiger charge is 2.20. The first-order chi connectivity index (χ1) is 12.7. The topological polar surface area (TPSA) is 44.8 Å². The van der Waals surface area contributed by atoms with Crippen LogP contribution in [0.5, 0.6) is 5.75 Å². The summed E-state index contributed by atoms with van der Waals surface area (Å²) in [5, 5.41) is 3.48. The summed E-state index contributed by atoms with van der Waals surface area (Å²) in [5.41, 5.74) is 1.31. The molecule has 0 spiro atoms. The lowest BCUT2D eigenvalue weighted by Crippen LogP contribution is -2.51. The molecule has 26 heavy (non-hydrogen) atoms. The van der Waals surface area contributed by atoms with Gasteiger partial charge in [0.05, 0.1) is 11.6 Å². The average molecular weight is 374 g/mol. The zero-order chi connectivity index (χ0) is 18.2. The monoisotopic (exact) mass is 373 g/mol. The van der Waals surface area contributed by atoms with Crippen LogP contribution in [0, 0.1) is 0 Å². The maximum absolute atomic E-state index is 12.3. The van der Waals surface area contributed by atoms with Crippen molar-refractivity contribution in [3.63, 3.8) is 0 Å². The summed E-state index contributed by atoms with van der Waals surface area (Å²) < 4.78 is 5.58. The number of rotatable bonds is 6. The van der Waals surface area contributed by atoms with E-state index in [1.807, 2.05) is 29.2 Å². The van der Waals surface area contributed by atoms with Crippen molar-refractivity contribution >= 4 is 17.6 Å². The highest BCUT2D eigenvalue weighted by Crippen LogP contribution is 2.22. The van der Waals surface area contributed by atoms with Gasteiger partial charge in [-0.3, -0.25) is 4.90 Å². The van der Waals surface area contributed by atoms with Crippen LogP contribution in [-0.2, 0) is 6.54 Å². The molecule has 138 valence electrons. The second kappa shape index (κ2) is 9.46. The van der Waals surface area contributed by atoms with Crippen LogP contribution in [0.4, 0.5) is 4.79 Å². The van der Waals surface area contributed by atoms with Crippen LogP contribution >= 0.6 is 11.6 Å². The number of carbonyl (C=O) groups excluding carboxylic acids is 1. The van der Waals surface area contributed by atoms with Gasteiger partial charge in [0.25, 0.3) is 0 Å². The van der Waals surface area contributed by atoms with E-state index in [0.717, 1.165) is 32.7 Å². The van der Waals surface area contributed by atoms with E-state index >= 15 is 0 Å². The molecule has 1 saturated heterocycles. The van der Waals surface area contributed by atoms with E-state index in [9.17, 15) is 4.79 Å². The van der Waals surface area contributed by atoms with Gasteiger partial charge >= 0.3 is 6.03 Å². The molecule has 1 fully saturated rings. The van der Waals surface area contributed by atoms with Gasteiger partial charge in [0.2, 0.25) is 0 Å². The largest absolute Gasteiger partial charge is 0.490 e. The van der Waals surface area contributed by atoms with Gasteiger partial charge in [-0.25, -0.2) is 4.79 Å². The molecular formula is C20H24ClN3O2. The fraction of sp³-hybridized carbons (Fsp3) is 0.350. The summed E-state index contributed by atoms with van der Waals surface area (Å²) in [7, 11) is 0. The molecule has 0 bridgehead atoms. The number of hydrogen-bond acceptors (Lipinski definition) is 3. The molecule has 0 saturated carbocycles. The molecule has 3 rings (SSSR count). The van der Waals surface area contributed by atoms with Crippen molar-refractivity contribution in [3.8, 4) is 5.75 Å². The second-order valence-corrected chi connectivity index (χ2v) is 6.67. The lowest BCUT2D eigenvalue weighted by molar-refractivity contribution is 0.134. The molecule has 1 aliphatic heterocycles. The Labute approximate surface area is 159 Å². The first-order valence-electron chi connectivity index (χ1n) is 8.89. The maximum Gasteiger partial charge on any atom is 0.317 e. The van der Waals surface area contributed by atoms with Crippen molar-refractivity contribution in [1.29, 1.82) is 0 Å². The number of halogens is 1. The predicted molar refractivity (Wildman–Crippen MR) is 104 cm³/mol. The van der Waals surface area contributed by atoms with Gasteiger partial charge in [-0.1, -0.05) is 54.1 Å². The number of carbonyl (C=O) groups is 1. The third kappa shape index (κ3) is 5.38. The Morgan fingerprint density at radius 3 is 2.42 bits per heavy atom. The number of nitrogens with zero attached hydrogens (tertiary/aromatic N) is 2. The van der Waals surface area contributed by atoms with E-state index in [2.05, 4.69) is 34.5 Å². The molecule has 2 aromatic carbocycles. The molecule has 0 radical (unpaired) electrons. The van der Waals surface area contributed by atoms with Crippen LogP contribution < -0.4 is 10.1 Å². The summed E-state index contributed by atoms with van der Waals surface area (Å²) in [4.78, 5) is 16.5. The standard InChI is InChI=1S/C20H24ClN3O2/c21-18-8-4-5-9-19(18)26-15-10-22-20(25)24-13-11-23(12-14-24)16-17-6-2-1-3-7-17/h1-9H,10-16H2,(H,22,25). The van der Waals surface area contributed by atoms with Gasteiger partial charge in [0, 0.05) is 32.7 Å². The van der Waals surface area contributed by atoms with Crippen molar-refractivity contribution < 1.29 is 9.53 Å². The summed E-state index contributed by atoms with van der Waals surface area (Å²) >= 11 is 6.03. The molecule has 1 aliphatic rings. The fourth-order valence-electron chi connectivity index (χ4n) is 2.94. The number of ether oxygens (including phenoxy) is 1. The minimum absolute atomic E-state index is 0.0351. The average Bonchev–Trinajstić information content (AvgIpc) is 2.68. The number of hydrogen-bond donors (Lipinski definition) is 1. The Balaban J connectivity index is 1.34. The molecule has 6 heteroatoms. The third-order valence-corrected chi connectivity index (χ3v) is 4.69. The molecule has 1 heterocycles. The summed E-state index contributed by atoms with van der Waals surface area (Å²) in [6.45, 7) is 5.03. The van der Waals surface area contributed by atoms with Gasteiger partial charge < -0.3 is 15.0 Å². The number of amides is 2. The Morgan fingerprint density at radius 1 is 1.00 bits per heavy atom. The quantitative estimate of drug-likeness (QED) is 0.790. The molecule has 2 amide bonds. The van der Waals surface area contributed by atoms with Gasteiger partial charge in [-0.05, 0) is 17.7 Å². The van der Waals surface area contributed by atoms with E-state index < -0.39 is 0 Å². The SMILES string of the molecule is O=C(NCCOc1ccccc1Cl)N1CCN(Cc2ccccc2)CC1. The van der Waals surface area contributed by atoms with Gasteiger partial charge in [-0.15, -0.1) is 0 Å². The molecule has 0 unspecified atom stereocenters. The highest BCUT2D eigenvalue weighted by atomic mass is 35.5. The molecule has 0 atom stereocenters. The van der Waals surface area contributed by atoms with E-state index in [4.69, 9.17) is 16.3 Å². The highest BCUT2D eigenvalue weighted by molar-refractivity contribution is 6.32. The summed E-state index contributed by atoms with van der Waals surface area (Å²) in [6, 6.07) is 17.7. The van der Waals surface area contributed by atoms with Gasteiger partial charge in [-0.2, -0.15) is 0 Å². The minimum Gasteiger partial charge on any atom is -0.490 e. The second-order valence-electron chi connectivity index (χ2n) is 6.26. The zero-order valence-electron chi connectivity index (χ0n) is 14.7. The number of nitrogens with one attached hydrogen (secondary N) is 1. The van der Waals surface area contributed by atoms with E-state index in [0.29, 0.717) is 23.9 Å². The molecular weight excluding hydrogens is 350 g/mol. The van der Waals surface area contributed by atoms with Crippen LogP contribution in [-0.4, -0.2) is 55.2 Å². The Hall–Kier alpha value is -2.24. The van der Waals surface area contributed by atoms with E-state index in [-0.39, 0.29) is 6.03 Å².